The third-order valence-electron chi connectivity index (χ3n) is 9.34. The Morgan fingerprint density at radius 3 is 2.39 bits per heavy atom. The zero-order chi connectivity index (χ0) is 25.6. The van der Waals surface area contributed by atoms with Gasteiger partial charge in [0.15, 0.2) is 5.82 Å². The number of rotatable bonds is 8. The summed E-state index contributed by atoms with van der Waals surface area (Å²) in [6.07, 6.45) is 14.0. The number of pyridine rings is 1. The number of tetrazole rings is 1. The van der Waals surface area contributed by atoms with Gasteiger partial charge in [-0.15, -0.1) is 5.10 Å². The molecule has 4 saturated carbocycles. The highest BCUT2D eigenvalue weighted by molar-refractivity contribution is 5.78. The lowest BCUT2D eigenvalue weighted by Crippen LogP contribution is -2.48. The monoisotopic (exact) mass is 509 g/mol. The molecule has 0 unspecified atom stereocenters. The second-order valence-electron chi connectivity index (χ2n) is 11.8. The summed E-state index contributed by atoms with van der Waals surface area (Å²) >= 11 is 0. The molecule has 1 N–H and O–H groups in total. The zero-order valence-corrected chi connectivity index (χ0v) is 22.0. The van der Waals surface area contributed by atoms with E-state index in [0.717, 1.165) is 59.2 Å². The first kappa shape index (κ1) is 23.6. The lowest BCUT2D eigenvalue weighted by Gasteiger charge is -2.54. The fourth-order valence-electron chi connectivity index (χ4n) is 7.88. The standard InChI is InChI=1S/C30H35N7O/c1-2-3-6-24-18-37(28-22-12-20-11-21(14-22)15-23(28)13-20)30(38)36(24)17-19-9-10-27(31-16-19)25-7-4-5-8-26(25)29-32-34-35-33-29/h4-5,7-10,16,18,20-23,28H,2-3,6,11-15,17H2,1H3,(H,32,33,34,35). The average molecular weight is 510 g/mol. The summed E-state index contributed by atoms with van der Waals surface area (Å²) in [5.74, 6) is 3.78. The van der Waals surface area contributed by atoms with Crippen molar-refractivity contribution in [3.05, 3.63) is 70.5 Å². The molecular formula is C30H35N7O. The largest absolute Gasteiger partial charge is 0.328 e. The number of benzene rings is 1. The number of aromatic nitrogens is 7. The van der Waals surface area contributed by atoms with Gasteiger partial charge in [0.25, 0.3) is 0 Å². The third-order valence-corrected chi connectivity index (χ3v) is 9.34. The molecule has 4 bridgehead atoms. The lowest BCUT2D eigenvalue weighted by molar-refractivity contribution is -0.0305. The first-order chi connectivity index (χ1) is 18.7. The maximum atomic E-state index is 13.9. The highest BCUT2D eigenvalue weighted by Crippen LogP contribution is 2.58. The van der Waals surface area contributed by atoms with Crippen molar-refractivity contribution in [2.45, 2.75) is 70.9 Å². The summed E-state index contributed by atoms with van der Waals surface area (Å²) in [7, 11) is 0. The van der Waals surface area contributed by atoms with Crippen LogP contribution < -0.4 is 5.69 Å². The van der Waals surface area contributed by atoms with Crippen LogP contribution in [0.1, 0.15) is 69.2 Å². The SMILES string of the molecule is CCCCc1cn(C2C3CC4CC(C3)CC2C4)c(=O)n1Cc1ccc(-c2ccccc2-c2nnn[nH]2)nc1. The number of H-pyrrole nitrogens is 1. The van der Waals surface area contributed by atoms with Crippen molar-refractivity contribution in [2.75, 3.05) is 0 Å². The van der Waals surface area contributed by atoms with Gasteiger partial charge in [-0.25, -0.2) is 9.89 Å². The Labute approximate surface area is 222 Å². The van der Waals surface area contributed by atoms with E-state index in [-0.39, 0.29) is 5.69 Å². The van der Waals surface area contributed by atoms with Gasteiger partial charge in [-0.05, 0) is 90.7 Å². The van der Waals surface area contributed by atoms with Crippen LogP contribution in [0.4, 0.5) is 0 Å². The molecule has 3 aromatic heterocycles. The highest BCUT2D eigenvalue weighted by atomic mass is 16.1. The molecule has 0 amide bonds. The van der Waals surface area contributed by atoms with Crippen molar-refractivity contribution in [3.8, 4) is 22.6 Å². The topological polar surface area (TPSA) is 94.3 Å². The van der Waals surface area contributed by atoms with Crippen LogP contribution in [-0.2, 0) is 13.0 Å². The summed E-state index contributed by atoms with van der Waals surface area (Å²) in [6, 6.07) is 12.5. The quantitative estimate of drug-likeness (QED) is 0.349. The number of nitrogens with one attached hydrogen (secondary N) is 1. The first-order valence-electron chi connectivity index (χ1n) is 14.3. The number of imidazole rings is 1. The Morgan fingerprint density at radius 2 is 1.74 bits per heavy atom. The van der Waals surface area contributed by atoms with Crippen LogP contribution in [0.2, 0.25) is 0 Å². The van der Waals surface area contributed by atoms with Crippen LogP contribution in [0, 0.1) is 23.7 Å². The normalized spacial score (nSPS) is 25.8. The molecule has 196 valence electrons. The minimum atomic E-state index is 0.167. The number of unbranched alkanes of at least 4 members (excludes halogenated alkanes) is 1. The Bertz CT molecular complexity index is 1440. The Morgan fingerprint density at radius 1 is 0.974 bits per heavy atom. The van der Waals surface area contributed by atoms with E-state index >= 15 is 0 Å². The van der Waals surface area contributed by atoms with Crippen molar-refractivity contribution >= 4 is 0 Å². The predicted octanol–water partition coefficient (Wildman–Crippen LogP) is 5.28. The molecule has 4 aliphatic rings. The van der Waals surface area contributed by atoms with Crippen molar-refractivity contribution in [1.82, 2.24) is 34.7 Å². The van der Waals surface area contributed by atoms with E-state index in [2.05, 4.69) is 44.4 Å². The van der Waals surface area contributed by atoms with E-state index in [1.807, 2.05) is 41.1 Å². The van der Waals surface area contributed by atoms with Gasteiger partial charge in [-0.1, -0.05) is 43.7 Å². The minimum absolute atomic E-state index is 0.167. The molecule has 0 atom stereocenters. The van der Waals surface area contributed by atoms with Crippen LogP contribution in [0.5, 0.6) is 0 Å². The molecule has 8 heteroatoms. The maximum Gasteiger partial charge on any atom is 0.328 e. The molecule has 4 fully saturated rings. The van der Waals surface area contributed by atoms with E-state index in [9.17, 15) is 4.79 Å². The summed E-state index contributed by atoms with van der Waals surface area (Å²) in [4.78, 5) is 18.7. The molecule has 0 saturated heterocycles. The fourth-order valence-corrected chi connectivity index (χ4v) is 7.88. The number of hydrogen-bond acceptors (Lipinski definition) is 5. The molecule has 4 aliphatic carbocycles. The number of hydrogen-bond donors (Lipinski definition) is 1. The lowest BCUT2D eigenvalue weighted by atomic mass is 9.54. The van der Waals surface area contributed by atoms with Gasteiger partial charge in [0.1, 0.15) is 0 Å². The van der Waals surface area contributed by atoms with E-state index in [4.69, 9.17) is 4.98 Å². The van der Waals surface area contributed by atoms with Crippen LogP contribution in [-0.4, -0.2) is 34.7 Å². The smallest absolute Gasteiger partial charge is 0.295 e. The van der Waals surface area contributed by atoms with Crippen LogP contribution in [0.15, 0.2) is 53.6 Å². The Kier molecular flexibility index (Phi) is 5.98. The molecule has 3 heterocycles. The second kappa shape index (κ2) is 9.64. The second-order valence-corrected chi connectivity index (χ2v) is 11.8. The first-order valence-corrected chi connectivity index (χ1v) is 14.3. The summed E-state index contributed by atoms with van der Waals surface area (Å²) in [5, 5.41) is 14.4. The zero-order valence-electron chi connectivity index (χ0n) is 22.0. The summed E-state index contributed by atoms with van der Waals surface area (Å²) < 4.78 is 4.17. The minimum Gasteiger partial charge on any atom is -0.295 e. The molecule has 1 aromatic carbocycles. The van der Waals surface area contributed by atoms with Gasteiger partial charge in [-0.3, -0.25) is 14.1 Å². The fraction of sp³-hybridized carbons (Fsp3) is 0.500. The van der Waals surface area contributed by atoms with Crippen molar-refractivity contribution in [2.24, 2.45) is 23.7 Å². The molecule has 8 rings (SSSR count). The van der Waals surface area contributed by atoms with E-state index in [0.29, 0.717) is 30.2 Å². The molecule has 38 heavy (non-hydrogen) atoms. The molecule has 0 spiro atoms. The molecule has 0 radical (unpaired) electrons. The van der Waals surface area contributed by atoms with Gasteiger partial charge < -0.3 is 0 Å². The summed E-state index contributed by atoms with van der Waals surface area (Å²) in [5.41, 5.74) is 5.09. The predicted molar refractivity (Wildman–Crippen MR) is 145 cm³/mol. The van der Waals surface area contributed by atoms with E-state index < -0.39 is 0 Å². The number of aryl methyl sites for hydroxylation is 1. The van der Waals surface area contributed by atoms with Crippen LogP contribution in [0.3, 0.4) is 0 Å². The molecule has 0 aliphatic heterocycles. The maximum absolute atomic E-state index is 13.9. The van der Waals surface area contributed by atoms with Crippen molar-refractivity contribution in [1.29, 1.82) is 0 Å². The van der Waals surface area contributed by atoms with Crippen LogP contribution in [0.25, 0.3) is 22.6 Å². The van der Waals surface area contributed by atoms with Crippen molar-refractivity contribution < 1.29 is 0 Å². The third kappa shape index (κ3) is 4.10. The van der Waals surface area contributed by atoms with Gasteiger partial charge >= 0.3 is 5.69 Å². The molecular weight excluding hydrogens is 474 g/mol. The Balaban J connectivity index is 1.18. The van der Waals surface area contributed by atoms with Gasteiger partial charge in [0, 0.05) is 35.3 Å². The number of aromatic amines is 1. The van der Waals surface area contributed by atoms with Crippen molar-refractivity contribution in [3.63, 3.8) is 0 Å². The molecule has 8 nitrogen and oxygen atoms in total. The number of nitrogens with zero attached hydrogens (tertiary/aromatic N) is 6. The molecule has 4 aromatic rings. The Hall–Kier alpha value is -3.55. The average Bonchev–Trinajstić information content (AvgIpc) is 3.57. The van der Waals surface area contributed by atoms with E-state index in [1.54, 1.807) is 0 Å². The highest BCUT2D eigenvalue weighted by Gasteiger charge is 2.49. The van der Waals surface area contributed by atoms with Gasteiger partial charge in [-0.2, -0.15) is 0 Å². The van der Waals surface area contributed by atoms with Gasteiger partial charge in [0.05, 0.1) is 12.2 Å². The van der Waals surface area contributed by atoms with Crippen LogP contribution >= 0.6 is 0 Å². The summed E-state index contributed by atoms with van der Waals surface area (Å²) in [6.45, 7) is 2.77. The van der Waals surface area contributed by atoms with Gasteiger partial charge in [0.2, 0.25) is 0 Å². The van der Waals surface area contributed by atoms with E-state index in [1.165, 1.54) is 32.1 Å².